The normalized spacial score (nSPS) is 10.5. The lowest BCUT2D eigenvalue weighted by Gasteiger charge is -2.04. The molecule has 1 amide bonds. The highest BCUT2D eigenvalue weighted by molar-refractivity contribution is 5.75. The van der Waals surface area contributed by atoms with Crippen molar-refractivity contribution >= 4 is 5.91 Å². The second kappa shape index (κ2) is 9.58. The van der Waals surface area contributed by atoms with Crippen LogP contribution in [0.5, 0.6) is 0 Å². The number of hydrogen-bond acceptors (Lipinski definition) is 4. The average Bonchev–Trinajstić information content (AvgIpc) is 2.89. The second-order valence-corrected chi connectivity index (χ2v) is 4.30. The molecule has 0 aliphatic heterocycles. The molecule has 102 valence electrons. The van der Waals surface area contributed by atoms with E-state index in [1.54, 1.807) is 7.05 Å². The van der Waals surface area contributed by atoms with Crippen molar-refractivity contribution in [1.82, 2.24) is 26.0 Å². The zero-order valence-electron chi connectivity index (χ0n) is 11.0. The van der Waals surface area contributed by atoms with Gasteiger partial charge in [0, 0.05) is 26.2 Å². The molecule has 18 heavy (non-hydrogen) atoms. The first-order valence-electron chi connectivity index (χ1n) is 6.59. The van der Waals surface area contributed by atoms with E-state index in [-0.39, 0.29) is 5.91 Å². The lowest BCUT2D eigenvalue weighted by molar-refractivity contribution is -0.120. The molecule has 6 heteroatoms. The maximum atomic E-state index is 10.9. The van der Waals surface area contributed by atoms with Crippen molar-refractivity contribution in [2.24, 2.45) is 0 Å². The van der Waals surface area contributed by atoms with Crippen LogP contribution >= 0.6 is 0 Å². The third-order valence-corrected chi connectivity index (χ3v) is 2.81. The number of nitrogens with zero attached hydrogens (tertiary/aromatic N) is 2. The summed E-state index contributed by atoms with van der Waals surface area (Å²) < 4.78 is 0. The Balaban J connectivity index is 1.80. The van der Waals surface area contributed by atoms with Gasteiger partial charge in [-0.2, -0.15) is 0 Å². The summed E-state index contributed by atoms with van der Waals surface area (Å²) in [5, 5.41) is 16.2. The number of amides is 1. The first-order valence-corrected chi connectivity index (χ1v) is 6.59. The van der Waals surface area contributed by atoms with E-state index >= 15 is 0 Å². The van der Waals surface area contributed by atoms with Crippen LogP contribution in [0.3, 0.4) is 0 Å². The molecule has 6 nitrogen and oxygen atoms in total. The molecule has 0 aromatic carbocycles. The van der Waals surface area contributed by atoms with E-state index in [1.807, 2.05) is 6.20 Å². The van der Waals surface area contributed by atoms with Gasteiger partial charge >= 0.3 is 0 Å². The van der Waals surface area contributed by atoms with E-state index in [2.05, 4.69) is 26.0 Å². The molecule has 1 aromatic rings. The van der Waals surface area contributed by atoms with E-state index in [4.69, 9.17) is 0 Å². The zero-order valence-corrected chi connectivity index (χ0v) is 11.0. The lowest BCUT2D eigenvalue weighted by atomic mass is 10.1. The molecule has 0 bridgehead atoms. The van der Waals surface area contributed by atoms with Crippen LogP contribution in [0, 0.1) is 0 Å². The maximum Gasteiger partial charge on any atom is 0.221 e. The lowest BCUT2D eigenvalue weighted by Crippen LogP contribution is -2.25. The molecule has 3 N–H and O–H groups in total. The number of carbonyl (C=O) groups excluding carboxylic acids is 1. The molecular formula is C12H23N5O. The molecular weight excluding hydrogens is 230 g/mol. The van der Waals surface area contributed by atoms with Gasteiger partial charge in [0.1, 0.15) is 0 Å². The van der Waals surface area contributed by atoms with E-state index in [0.717, 1.165) is 38.0 Å². The van der Waals surface area contributed by atoms with Gasteiger partial charge in [0.2, 0.25) is 5.91 Å². The third-order valence-electron chi connectivity index (χ3n) is 2.81. The Morgan fingerprint density at radius 2 is 2.11 bits per heavy atom. The fourth-order valence-corrected chi connectivity index (χ4v) is 1.71. The summed E-state index contributed by atoms with van der Waals surface area (Å²) in [5.74, 6) is 0.0927. The van der Waals surface area contributed by atoms with Crippen LogP contribution in [-0.2, 0) is 11.2 Å². The van der Waals surface area contributed by atoms with E-state index in [0.29, 0.717) is 6.42 Å². The van der Waals surface area contributed by atoms with Crippen molar-refractivity contribution in [3.05, 3.63) is 11.9 Å². The largest absolute Gasteiger partial charge is 0.359 e. The van der Waals surface area contributed by atoms with Gasteiger partial charge in [-0.3, -0.25) is 9.89 Å². The smallest absolute Gasteiger partial charge is 0.221 e. The van der Waals surface area contributed by atoms with Gasteiger partial charge in [-0.25, -0.2) is 0 Å². The summed E-state index contributed by atoms with van der Waals surface area (Å²) in [6, 6.07) is 0. The Labute approximate surface area is 108 Å². The molecule has 0 spiro atoms. The fraction of sp³-hybridized carbons (Fsp3) is 0.750. The number of unbranched alkanes of at least 4 members (excludes halogenated alkanes) is 3. The predicted octanol–water partition coefficient (Wildman–Crippen LogP) is 0.633. The van der Waals surface area contributed by atoms with Gasteiger partial charge in [0.15, 0.2) is 0 Å². The number of H-pyrrole nitrogens is 1. The minimum absolute atomic E-state index is 0.0927. The number of nitrogens with one attached hydrogen (secondary N) is 3. The number of aromatic nitrogens is 3. The van der Waals surface area contributed by atoms with Crippen molar-refractivity contribution in [3.63, 3.8) is 0 Å². The highest BCUT2D eigenvalue weighted by atomic mass is 16.1. The van der Waals surface area contributed by atoms with Gasteiger partial charge < -0.3 is 10.6 Å². The van der Waals surface area contributed by atoms with Crippen molar-refractivity contribution < 1.29 is 4.79 Å². The topological polar surface area (TPSA) is 82.7 Å². The Bertz CT molecular complexity index is 312. The summed E-state index contributed by atoms with van der Waals surface area (Å²) in [7, 11) is 1.66. The van der Waals surface area contributed by atoms with Crippen LogP contribution in [0.15, 0.2) is 6.20 Å². The highest BCUT2D eigenvalue weighted by Crippen LogP contribution is 2.03. The van der Waals surface area contributed by atoms with Crippen molar-refractivity contribution in [2.75, 3.05) is 20.1 Å². The molecule has 0 saturated carbocycles. The van der Waals surface area contributed by atoms with E-state index in [9.17, 15) is 4.79 Å². The van der Waals surface area contributed by atoms with Gasteiger partial charge in [0.05, 0.1) is 5.69 Å². The van der Waals surface area contributed by atoms with Gasteiger partial charge in [-0.05, 0) is 25.8 Å². The highest BCUT2D eigenvalue weighted by Gasteiger charge is 1.97. The van der Waals surface area contributed by atoms with Crippen LogP contribution in [0.1, 0.15) is 37.8 Å². The Kier molecular flexibility index (Phi) is 7.79. The maximum absolute atomic E-state index is 10.9. The number of rotatable bonds is 10. The Morgan fingerprint density at radius 3 is 2.83 bits per heavy atom. The minimum Gasteiger partial charge on any atom is -0.359 e. The molecule has 0 aliphatic carbocycles. The number of aromatic amines is 1. The van der Waals surface area contributed by atoms with E-state index < -0.39 is 0 Å². The quantitative estimate of drug-likeness (QED) is 0.534. The Hall–Kier alpha value is -1.43. The van der Waals surface area contributed by atoms with Crippen LogP contribution in [0.25, 0.3) is 0 Å². The number of carbonyl (C=O) groups is 1. The predicted molar refractivity (Wildman–Crippen MR) is 70.1 cm³/mol. The molecule has 0 saturated heterocycles. The molecule has 0 atom stereocenters. The first kappa shape index (κ1) is 14.6. The molecule has 1 rings (SSSR count). The molecule has 0 unspecified atom stereocenters. The van der Waals surface area contributed by atoms with Crippen LogP contribution in [0.4, 0.5) is 0 Å². The standard InChI is InChI=1S/C12H23N5O/c1-13-12(18)7-9-14-8-5-3-2-4-6-11-10-15-17-16-11/h10,14H,2-9H2,1H3,(H,13,18)(H,15,16,17). The molecule has 0 radical (unpaired) electrons. The Morgan fingerprint density at radius 1 is 1.28 bits per heavy atom. The third kappa shape index (κ3) is 7.01. The number of aryl methyl sites for hydroxylation is 1. The SMILES string of the molecule is CNC(=O)CCNCCCCCCc1c[nH]nn1. The molecule has 1 aromatic heterocycles. The zero-order chi connectivity index (χ0) is 13.1. The first-order chi connectivity index (χ1) is 8.83. The van der Waals surface area contributed by atoms with Gasteiger partial charge in [-0.1, -0.05) is 18.1 Å². The monoisotopic (exact) mass is 253 g/mol. The van der Waals surface area contributed by atoms with Gasteiger partial charge in [0.25, 0.3) is 0 Å². The van der Waals surface area contributed by atoms with Crippen LogP contribution < -0.4 is 10.6 Å². The van der Waals surface area contributed by atoms with Crippen LogP contribution in [0.2, 0.25) is 0 Å². The summed E-state index contributed by atoms with van der Waals surface area (Å²) in [4.78, 5) is 10.9. The fourth-order valence-electron chi connectivity index (χ4n) is 1.71. The average molecular weight is 253 g/mol. The number of hydrogen-bond donors (Lipinski definition) is 3. The summed E-state index contributed by atoms with van der Waals surface area (Å²) in [5.41, 5.74) is 1.04. The van der Waals surface area contributed by atoms with Crippen LogP contribution in [-0.4, -0.2) is 41.5 Å². The molecule has 1 heterocycles. The summed E-state index contributed by atoms with van der Waals surface area (Å²) >= 11 is 0. The second-order valence-electron chi connectivity index (χ2n) is 4.30. The molecule has 0 fully saturated rings. The van der Waals surface area contributed by atoms with Crippen molar-refractivity contribution in [2.45, 2.75) is 38.5 Å². The molecule has 0 aliphatic rings. The minimum atomic E-state index is 0.0927. The van der Waals surface area contributed by atoms with Crippen molar-refractivity contribution in [1.29, 1.82) is 0 Å². The van der Waals surface area contributed by atoms with Gasteiger partial charge in [-0.15, -0.1) is 5.10 Å². The van der Waals surface area contributed by atoms with Crippen molar-refractivity contribution in [3.8, 4) is 0 Å². The summed E-state index contributed by atoms with van der Waals surface area (Å²) in [6.07, 6.45) is 8.15. The van der Waals surface area contributed by atoms with E-state index in [1.165, 1.54) is 12.8 Å². The summed E-state index contributed by atoms with van der Waals surface area (Å²) in [6.45, 7) is 1.75.